The summed E-state index contributed by atoms with van der Waals surface area (Å²) < 4.78 is 12.3. The number of nitrogens with two attached hydrogens (primary N) is 1. The number of aromatic nitrogens is 4. The van der Waals surface area contributed by atoms with Crippen molar-refractivity contribution < 1.29 is 14.3 Å². The van der Waals surface area contributed by atoms with Crippen molar-refractivity contribution in [2.24, 2.45) is 5.73 Å². The maximum absolute atomic E-state index is 12.2. The molecular formula is C20H20N6O3. The van der Waals surface area contributed by atoms with Crippen LogP contribution in [0.1, 0.15) is 18.5 Å². The number of fused-ring (bicyclic) bond motifs is 1. The smallest absolute Gasteiger partial charge is 0.248 e. The molecule has 0 saturated carbocycles. The number of amides is 1. The van der Waals surface area contributed by atoms with E-state index in [4.69, 9.17) is 15.2 Å². The summed E-state index contributed by atoms with van der Waals surface area (Å²) in [6, 6.07) is 8.55. The van der Waals surface area contributed by atoms with Crippen molar-refractivity contribution in [3.05, 3.63) is 59.6 Å². The van der Waals surface area contributed by atoms with Crippen LogP contribution in [-0.2, 0) is 4.79 Å². The highest BCUT2D eigenvalue weighted by molar-refractivity contribution is 5.95. The fourth-order valence-corrected chi connectivity index (χ4v) is 3.37. The van der Waals surface area contributed by atoms with Gasteiger partial charge >= 0.3 is 0 Å². The van der Waals surface area contributed by atoms with Gasteiger partial charge in [0.15, 0.2) is 5.82 Å². The van der Waals surface area contributed by atoms with Crippen LogP contribution >= 0.6 is 0 Å². The maximum Gasteiger partial charge on any atom is 0.248 e. The minimum atomic E-state index is -0.536. The molecule has 3 heterocycles. The van der Waals surface area contributed by atoms with Crippen LogP contribution in [0.2, 0.25) is 0 Å². The first-order valence-electron chi connectivity index (χ1n) is 8.89. The second-order valence-electron chi connectivity index (χ2n) is 6.52. The Balaban J connectivity index is 1.87. The predicted octanol–water partition coefficient (Wildman–Crippen LogP) is 2.13. The summed E-state index contributed by atoms with van der Waals surface area (Å²) in [5.41, 5.74) is 8.21. The third kappa shape index (κ3) is 3.27. The molecule has 0 aliphatic carbocycles. The van der Waals surface area contributed by atoms with E-state index in [-0.39, 0.29) is 0 Å². The number of rotatable bonds is 5. The second-order valence-corrected chi connectivity index (χ2v) is 6.52. The van der Waals surface area contributed by atoms with Gasteiger partial charge in [0.05, 0.1) is 19.8 Å². The van der Waals surface area contributed by atoms with Gasteiger partial charge < -0.3 is 20.5 Å². The third-order valence-corrected chi connectivity index (χ3v) is 4.73. The van der Waals surface area contributed by atoms with Gasteiger partial charge in [0.2, 0.25) is 11.9 Å². The fourth-order valence-electron chi connectivity index (χ4n) is 3.37. The summed E-state index contributed by atoms with van der Waals surface area (Å²) >= 11 is 0. The van der Waals surface area contributed by atoms with E-state index in [1.807, 2.05) is 18.2 Å². The van der Waals surface area contributed by atoms with E-state index >= 15 is 0 Å². The highest BCUT2D eigenvalue weighted by Gasteiger charge is 2.33. The van der Waals surface area contributed by atoms with Gasteiger partial charge in [-0.25, -0.2) is 4.68 Å². The number of hydrogen-bond acceptors (Lipinski definition) is 7. The molecule has 148 valence electrons. The number of pyridine rings is 1. The van der Waals surface area contributed by atoms with Crippen molar-refractivity contribution in [2.75, 3.05) is 19.5 Å². The minimum Gasteiger partial charge on any atom is -0.497 e. The van der Waals surface area contributed by atoms with Crippen LogP contribution in [0.15, 0.2) is 54.0 Å². The number of hydrogen-bond donors (Lipinski definition) is 2. The highest BCUT2D eigenvalue weighted by atomic mass is 16.5. The quantitative estimate of drug-likeness (QED) is 0.683. The molecule has 1 atom stereocenters. The Morgan fingerprint density at radius 2 is 1.93 bits per heavy atom. The van der Waals surface area contributed by atoms with Gasteiger partial charge in [-0.3, -0.25) is 9.78 Å². The first-order chi connectivity index (χ1) is 14.0. The van der Waals surface area contributed by atoms with Crippen LogP contribution in [0.25, 0.3) is 11.4 Å². The number of carbonyl (C=O) groups excluding carboxylic acids is 1. The molecule has 0 spiro atoms. The number of nitrogens with zero attached hydrogens (tertiary/aromatic N) is 4. The van der Waals surface area contributed by atoms with Crippen LogP contribution in [0, 0.1) is 0 Å². The van der Waals surface area contributed by atoms with Crippen LogP contribution in [0.3, 0.4) is 0 Å². The summed E-state index contributed by atoms with van der Waals surface area (Å²) in [6.45, 7) is 1.79. The van der Waals surface area contributed by atoms with Crippen LogP contribution in [0.5, 0.6) is 11.5 Å². The molecule has 9 nitrogen and oxygen atoms in total. The van der Waals surface area contributed by atoms with E-state index in [9.17, 15) is 4.79 Å². The zero-order valence-corrected chi connectivity index (χ0v) is 16.2. The number of allylic oxidation sites excluding steroid dienone is 1. The molecule has 3 N–H and O–H groups in total. The number of methoxy groups -OCH3 is 2. The summed E-state index contributed by atoms with van der Waals surface area (Å²) in [6.07, 6.45) is 3.35. The Bertz CT molecular complexity index is 1080. The molecule has 0 bridgehead atoms. The zero-order valence-electron chi connectivity index (χ0n) is 16.2. The summed E-state index contributed by atoms with van der Waals surface area (Å²) in [5.74, 6) is 1.66. The molecule has 0 fully saturated rings. The van der Waals surface area contributed by atoms with E-state index in [2.05, 4.69) is 20.4 Å². The van der Waals surface area contributed by atoms with Gasteiger partial charge in [-0.15, -0.1) is 5.10 Å². The molecule has 1 aliphatic rings. The SMILES string of the molecule is COc1cc(OC)cc(-c2nc3n(n2)[C@H](c2cccnc2)C(C(N)=O)=C(C)N3)c1. The van der Waals surface area contributed by atoms with Crippen molar-refractivity contribution in [1.82, 2.24) is 19.7 Å². The second kappa shape index (κ2) is 7.27. The van der Waals surface area contributed by atoms with Gasteiger partial charge in [-0.2, -0.15) is 4.98 Å². The largest absolute Gasteiger partial charge is 0.497 e. The van der Waals surface area contributed by atoms with Crippen LogP contribution in [-0.4, -0.2) is 39.9 Å². The first-order valence-corrected chi connectivity index (χ1v) is 8.89. The molecule has 9 heteroatoms. The van der Waals surface area contributed by atoms with E-state index in [1.54, 1.807) is 50.4 Å². The molecule has 3 aromatic rings. The monoisotopic (exact) mass is 392 g/mol. The summed E-state index contributed by atoms with van der Waals surface area (Å²) in [7, 11) is 3.16. The molecule has 2 aromatic heterocycles. The number of primary amides is 1. The van der Waals surface area contributed by atoms with E-state index in [0.29, 0.717) is 40.1 Å². The standard InChI is InChI=1S/C20H20N6O3/c1-11-16(18(21)27)17(12-5-4-6-22-10-12)26-20(23-11)24-19(25-26)13-7-14(28-2)9-15(8-13)29-3/h4-10,17H,1-3H3,(H2,21,27)(H,23,24,25)/t17-/m1/s1. The van der Waals surface area contributed by atoms with Gasteiger partial charge in [-0.05, 0) is 30.7 Å². The van der Waals surface area contributed by atoms with Crippen molar-refractivity contribution in [2.45, 2.75) is 13.0 Å². The van der Waals surface area contributed by atoms with E-state index in [1.165, 1.54) is 0 Å². The average molecular weight is 392 g/mol. The first kappa shape index (κ1) is 18.5. The lowest BCUT2D eigenvalue weighted by atomic mass is 9.97. The highest BCUT2D eigenvalue weighted by Crippen LogP contribution is 2.36. The van der Waals surface area contributed by atoms with Gasteiger partial charge in [0.25, 0.3) is 0 Å². The molecule has 29 heavy (non-hydrogen) atoms. The summed E-state index contributed by atoms with van der Waals surface area (Å²) in [5, 5.41) is 7.78. The Hall–Kier alpha value is -3.88. The van der Waals surface area contributed by atoms with Gasteiger partial charge in [-0.1, -0.05) is 6.07 Å². The van der Waals surface area contributed by atoms with Crippen molar-refractivity contribution in [1.29, 1.82) is 0 Å². The molecule has 0 saturated heterocycles. The Kier molecular flexibility index (Phi) is 4.63. The fraction of sp³-hybridized carbons (Fsp3) is 0.200. The lowest BCUT2D eigenvalue weighted by Crippen LogP contribution is -2.31. The molecule has 4 rings (SSSR count). The van der Waals surface area contributed by atoms with Crippen LogP contribution < -0.4 is 20.5 Å². The van der Waals surface area contributed by atoms with Crippen molar-refractivity contribution >= 4 is 11.9 Å². The molecular weight excluding hydrogens is 372 g/mol. The van der Waals surface area contributed by atoms with Gasteiger partial charge in [0, 0.05) is 29.7 Å². The molecule has 0 radical (unpaired) electrons. The Morgan fingerprint density at radius 1 is 1.21 bits per heavy atom. The topological polar surface area (TPSA) is 117 Å². The molecule has 0 unspecified atom stereocenters. The number of benzene rings is 1. The number of ether oxygens (including phenoxy) is 2. The normalized spacial score (nSPS) is 15.5. The minimum absolute atomic E-state index is 0.408. The lowest BCUT2D eigenvalue weighted by molar-refractivity contribution is -0.115. The van der Waals surface area contributed by atoms with Crippen molar-refractivity contribution in [3.63, 3.8) is 0 Å². The predicted molar refractivity (Wildman–Crippen MR) is 106 cm³/mol. The molecule has 1 aromatic carbocycles. The van der Waals surface area contributed by atoms with Gasteiger partial charge in [0.1, 0.15) is 17.5 Å². The summed E-state index contributed by atoms with van der Waals surface area (Å²) in [4.78, 5) is 21.0. The van der Waals surface area contributed by atoms with E-state index in [0.717, 1.165) is 5.56 Å². The average Bonchev–Trinajstić information content (AvgIpc) is 3.16. The number of anilines is 1. The number of nitrogens with one attached hydrogen (secondary N) is 1. The Labute approximate surface area is 167 Å². The zero-order chi connectivity index (χ0) is 20.5. The third-order valence-electron chi connectivity index (χ3n) is 4.73. The van der Waals surface area contributed by atoms with E-state index < -0.39 is 11.9 Å². The number of carbonyl (C=O) groups is 1. The molecule has 1 amide bonds. The van der Waals surface area contributed by atoms with Crippen molar-refractivity contribution in [3.8, 4) is 22.9 Å². The Morgan fingerprint density at radius 3 is 2.52 bits per heavy atom. The lowest BCUT2D eigenvalue weighted by Gasteiger charge is -2.27. The van der Waals surface area contributed by atoms with Crippen LogP contribution in [0.4, 0.5) is 5.95 Å². The maximum atomic E-state index is 12.2. The molecule has 1 aliphatic heterocycles.